The van der Waals surface area contributed by atoms with Gasteiger partial charge in [0.15, 0.2) is 0 Å². The molecule has 0 saturated carbocycles. The Bertz CT molecular complexity index is 3490. The normalized spacial score (nSPS) is 12.9. The van der Waals surface area contributed by atoms with Crippen molar-refractivity contribution in [2.75, 3.05) is 4.90 Å². The maximum atomic E-state index is 6.92. The Hall–Kier alpha value is -7.68. The van der Waals surface area contributed by atoms with Crippen LogP contribution in [-0.4, -0.2) is 0 Å². The van der Waals surface area contributed by atoms with Crippen molar-refractivity contribution in [1.29, 1.82) is 0 Å². The second-order valence-corrected chi connectivity index (χ2v) is 16.9. The molecule has 1 aliphatic rings. The molecule has 1 aromatic heterocycles. The lowest BCUT2D eigenvalue weighted by molar-refractivity contribution is 0.660. The van der Waals surface area contributed by atoms with Crippen molar-refractivity contribution in [1.82, 2.24) is 0 Å². The molecule has 61 heavy (non-hydrogen) atoms. The molecule has 10 aromatic carbocycles. The highest BCUT2D eigenvalue weighted by atomic mass is 16.3. The third-order valence-electron chi connectivity index (χ3n) is 13.0. The monoisotopic (exact) mass is 779 g/mol. The van der Waals surface area contributed by atoms with Crippen LogP contribution in [0.4, 0.5) is 17.1 Å². The minimum atomic E-state index is -0.110. The van der Waals surface area contributed by atoms with Crippen molar-refractivity contribution in [3.8, 4) is 44.5 Å². The smallest absolute Gasteiger partial charge is 0.143 e. The molecule has 2 nitrogen and oxygen atoms in total. The van der Waals surface area contributed by atoms with Crippen LogP contribution in [0.3, 0.4) is 0 Å². The fourth-order valence-corrected chi connectivity index (χ4v) is 9.99. The van der Waals surface area contributed by atoms with Gasteiger partial charge in [-0.1, -0.05) is 172 Å². The third-order valence-corrected chi connectivity index (χ3v) is 13.0. The van der Waals surface area contributed by atoms with E-state index in [4.69, 9.17) is 4.42 Å². The van der Waals surface area contributed by atoms with E-state index in [1.165, 1.54) is 55.3 Å². The van der Waals surface area contributed by atoms with E-state index in [0.717, 1.165) is 60.9 Å². The molecule has 0 radical (unpaired) electrons. The van der Waals surface area contributed by atoms with Crippen molar-refractivity contribution >= 4 is 60.5 Å². The van der Waals surface area contributed by atoms with Crippen molar-refractivity contribution in [3.63, 3.8) is 0 Å². The molecule has 0 atom stereocenters. The van der Waals surface area contributed by atoms with E-state index in [-0.39, 0.29) is 5.41 Å². The van der Waals surface area contributed by atoms with E-state index in [1.807, 2.05) is 0 Å². The molecule has 11 aromatic rings. The minimum Gasteiger partial charge on any atom is -0.455 e. The van der Waals surface area contributed by atoms with E-state index in [9.17, 15) is 0 Å². The molecule has 0 unspecified atom stereocenters. The summed E-state index contributed by atoms with van der Waals surface area (Å²) in [5.74, 6) is 0. The quantitative estimate of drug-likeness (QED) is 0.167. The molecule has 288 valence electrons. The summed E-state index contributed by atoms with van der Waals surface area (Å²) >= 11 is 0. The zero-order valence-corrected chi connectivity index (χ0v) is 34.1. The van der Waals surface area contributed by atoms with Crippen molar-refractivity contribution in [3.05, 3.63) is 223 Å². The van der Waals surface area contributed by atoms with Crippen LogP contribution in [0, 0.1) is 0 Å². The van der Waals surface area contributed by atoms with Crippen LogP contribution in [0.25, 0.3) is 88.0 Å². The van der Waals surface area contributed by atoms with Gasteiger partial charge in [-0.25, -0.2) is 0 Å². The Morgan fingerprint density at radius 3 is 1.77 bits per heavy atom. The summed E-state index contributed by atoms with van der Waals surface area (Å²) in [4.78, 5) is 2.41. The summed E-state index contributed by atoms with van der Waals surface area (Å²) in [7, 11) is 0. The van der Waals surface area contributed by atoms with Crippen LogP contribution in [0.5, 0.6) is 0 Å². The van der Waals surface area contributed by atoms with Gasteiger partial charge in [-0.15, -0.1) is 0 Å². The number of benzene rings is 10. The summed E-state index contributed by atoms with van der Waals surface area (Å²) in [6, 6.07) is 77.3. The number of furan rings is 1. The maximum absolute atomic E-state index is 6.92. The number of anilines is 3. The molecule has 0 N–H and O–H groups in total. The lowest BCUT2D eigenvalue weighted by Gasteiger charge is -2.28. The molecule has 1 aliphatic carbocycles. The number of nitrogens with zero attached hydrogens (tertiary/aromatic N) is 1. The second kappa shape index (κ2) is 13.7. The van der Waals surface area contributed by atoms with Gasteiger partial charge in [-0.05, 0) is 126 Å². The topological polar surface area (TPSA) is 16.4 Å². The number of rotatable bonds is 6. The fourth-order valence-electron chi connectivity index (χ4n) is 9.99. The van der Waals surface area contributed by atoms with Gasteiger partial charge in [0.2, 0.25) is 0 Å². The lowest BCUT2D eigenvalue weighted by atomic mass is 9.82. The summed E-state index contributed by atoms with van der Waals surface area (Å²) in [5.41, 5.74) is 17.4. The summed E-state index contributed by atoms with van der Waals surface area (Å²) < 4.78 is 6.92. The first kappa shape index (κ1) is 35.3. The number of fused-ring (bicyclic) bond motifs is 9. The van der Waals surface area contributed by atoms with E-state index in [2.05, 4.69) is 231 Å². The largest absolute Gasteiger partial charge is 0.455 e. The highest BCUT2D eigenvalue weighted by molar-refractivity contribution is 6.22. The first-order valence-electron chi connectivity index (χ1n) is 21.2. The third kappa shape index (κ3) is 5.64. The summed E-state index contributed by atoms with van der Waals surface area (Å²) in [6.07, 6.45) is 0. The standard InChI is InChI=1S/C59H41NO/c1-59(2)54-24-14-13-22-48(54)49-32-31-46(36-55(49)59)60(45-30-25-39-17-9-10-20-42(39)33-45)44-28-26-41(27-29-44)51-37-53-57-52(40-18-7-4-8-19-40)34-43(38-15-5-3-6-16-38)35-56(57)61-58(53)50-23-12-11-21-47(50)51/h3-37H,1-2H3. The maximum Gasteiger partial charge on any atom is 0.143 e. The van der Waals surface area contributed by atoms with Crippen molar-refractivity contribution < 1.29 is 4.42 Å². The lowest BCUT2D eigenvalue weighted by Crippen LogP contribution is -2.16. The molecule has 1 heterocycles. The van der Waals surface area contributed by atoms with E-state index in [1.54, 1.807) is 0 Å². The highest BCUT2D eigenvalue weighted by Crippen LogP contribution is 2.51. The summed E-state index contributed by atoms with van der Waals surface area (Å²) in [5, 5.41) is 6.97. The molecular formula is C59H41NO. The first-order valence-corrected chi connectivity index (χ1v) is 21.2. The SMILES string of the molecule is CC1(C)c2ccccc2-c2ccc(N(c3ccc(-c4cc5c(oc6cc(-c7ccccc7)cc(-c7ccccc7)c65)c5ccccc45)cc3)c3ccc4ccccc4c3)cc21. The van der Waals surface area contributed by atoms with Crippen LogP contribution < -0.4 is 4.90 Å². The van der Waals surface area contributed by atoms with E-state index >= 15 is 0 Å². The van der Waals surface area contributed by atoms with Crippen molar-refractivity contribution in [2.45, 2.75) is 19.3 Å². The zero-order valence-electron chi connectivity index (χ0n) is 34.1. The van der Waals surface area contributed by atoms with Crippen LogP contribution in [0.1, 0.15) is 25.0 Å². The van der Waals surface area contributed by atoms with Crippen LogP contribution in [-0.2, 0) is 5.41 Å². The van der Waals surface area contributed by atoms with Crippen LogP contribution >= 0.6 is 0 Å². The molecule has 0 aliphatic heterocycles. The van der Waals surface area contributed by atoms with Gasteiger partial charge in [0.25, 0.3) is 0 Å². The summed E-state index contributed by atoms with van der Waals surface area (Å²) in [6.45, 7) is 4.71. The van der Waals surface area contributed by atoms with Crippen LogP contribution in [0.15, 0.2) is 217 Å². The zero-order chi connectivity index (χ0) is 40.7. The fraction of sp³-hybridized carbons (Fsp3) is 0.0508. The van der Waals surface area contributed by atoms with Crippen molar-refractivity contribution in [2.24, 2.45) is 0 Å². The average molecular weight is 780 g/mol. The predicted molar refractivity (Wildman–Crippen MR) is 257 cm³/mol. The highest BCUT2D eigenvalue weighted by Gasteiger charge is 2.35. The Morgan fingerprint density at radius 2 is 0.967 bits per heavy atom. The Morgan fingerprint density at radius 1 is 0.361 bits per heavy atom. The molecule has 0 bridgehead atoms. The van der Waals surface area contributed by atoms with Gasteiger partial charge in [0, 0.05) is 38.6 Å². The van der Waals surface area contributed by atoms with E-state index in [0.29, 0.717) is 0 Å². The number of hydrogen-bond donors (Lipinski definition) is 0. The van der Waals surface area contributed by atoms with Gasteiger partial charge >= 0.3 is 0 Å². The van der Waals surface area contributed by atoms with E-state index < -0.39 is 0 Å². The second-order valence-electron chi connectivity index (χ2n) is 16.9. The Balaban J connectivity index is 1.03. The molecule has 2 heteroatoms. The Kier molecular flexibility index (Phi) is 7.92. The molecule has 0 amide bonds. The Labute approximate surface area is 355 Å². The van der Waals surface area contributed by atoms with Gasteiger partial charge in [-0.3, -0.25) is 0 Å². The van der Waals surface area contributed by atoms with Gasteiger partial charge in [0.1, 0.15) is 11.2 Å². The van der Waals surface area contributed by atoms with Gasteiger partial charge in [0.05, 0.1) is 0 Å². The first-order chi connectivity index (χ1) is 30.0. The van der Waals surface area contributed by atoms with Gasteiger partial charge < -0.3 is 9.32 Å². The predicted octanol–water partition coefficient (Wildman–Crippen LogP) is 16.7. The molecule has 0 spiro atoms. The van der Waals surface area contributed by atoms with Gasteiger partial charge in [-0.2, -0.15) is 0 Å². The number of hydrogen-bond acceptors (Lipinski definition) is 2. The molecular weight excluding hydrogens is 739 g/mol. The van der Waals surface area contributed by atoms with Crippen LogP contribution in [0.2, 0.25) is 0 Å². The molecule has 0 fully saturated rings. The minimum absolute atomic E-state index is 0.110. The molecule has 0 saturated heterocycles. The average Bonchev–Trinajstić information content (AvgIpc) is 3.81. The molecule has 12 rings (SSSR count).